The topological polar surface area (TPSA) is 95.9 Å². The largest absolute Gasteiger partial charge is 0.362 e. The molecule has 4 rings (SSSR count). The summed E-state index contributed by atoms with van der Waals surface area (Å²) in [5.41, 5.74) is 1.76. The molecular formula is C16H10ClN5O2. The van der Waals surface area contributed by atoms with Gasteiger partial charge in [-0.3, -0.25) is 14.9 Å². The minimum absolute atomic E-state index is 0.328. The number of aromatic amines is 2. The molecule has 3 aromatic heterocycles. The van der Waals surface area contributed by atoms with Gasteiger partial charge in [0.1, 0.15) is 0 Å². The molecule has 0 atom stereocenters. The van der Waals surface area contributed by atoms with Gasteiger partial charge < -0.3 is 0 Å². The highest BCUT2D eigenvalue weighted by Gasteiger charge is 2.19. The molecule has 0 aliphatic heterocycles. The van der Waals surface area contributed by atoms with Crippen LogP contribution in [0.15, 0.2) is 58.4 Å². The molecule has 2 N–H and O–H groups in total. The molecule has 118 valence electrons. The summed E-state index contributed by atoms with van der Waals surface area (Å²) in [6.45, 7) is 0. The van der Waals surface area contributed by atoms with Crippen molar-refractivity contribution in [3.63, 3.8) is 0 Å². The molecule has 3 heterocycles. The third-order valence-corrected chi connectivity index (χ3v) is 3.94. The molecule has 0 saturated heterocycles. The Morgan fingerprint density at radius 3 is 2.29 bits per heavy atom. The Kier molecular flexibility index (Phi) is 3.28. The lowest BCUT2D eigenvalue weighted by Gasteiger charge is -2.10. The summed E-state index contributed by atoms with van der Waals surface area (Å²) in [6, 6.07) is 10.4. The first-order valence-electron chi connectivity index (χ1n) is 7.05. The second-order valence-corrected chi connectivity index (χ2v) is 5.56. The molecule has 24 heavy (non-hydrogen) atoms. The first kappa shape index (κ1) is 14.4. The average Bonchev–Trinajstić information content (AvgIpc) is 2.96. The molecule has 1 aromatic carbocycles. The summed E-state index contributed by atoms with van der Waals surface area (Å²) in [5.74, 6) is 0. The van der Waals surface area contributed by atoms with Gasteiger partial charge in [0.15, 0.2) is 5.65 Å². The highest BCUT2D eigenvalue weighted by molar-refractivity contribution is 6.30. The number of fused-ring (bicyclic) bond motifs is 1. The summed E-state index contributed by atoms with van der Waals surface area (Å²) in [4.78, 5) is 28.5. The molecule has 0 bridgehead atoms. The molecular weight excluding hydrogens is 330 g/mol. The standard InChI is InChI=1S/C16H10ClN5O2/c17-11-3-1-9(2-4-11)12-13(10-5-7-18-8-6-10)15(23)21-22-14(12)19-20-16(22)24/h1-8H,(H,20,24)(H,21,23). The van der Waals surface area contributed by atoms with E-state index < -0.39 is 11.2 Å². The van der Waals surface area contributed by atoms with E-state index in [4.69, 9.17) is 11.6 Å². The maximum absolute atomic E-state index is 12.6. The third kappa shape index (κ3) is 2.22. The van der Waals surface area contributed by atoms with Crippen LogP contribution >= 0.6 is 11.6 Å². The Hall–Kier alpha value is -3.19. The number of halogens is 1. The van der Waals surface area contributed by atoms with Gasteiger partial charge in [0, 0.05) is 23.0 Å². The van der Waals surface area contributed by atoms with Gasteiger partial charge in [-0.05, 0) is 35.4 Å². The fourth-order valence-corrected chi connectivity index (χ4v) is 2.76. The number of pyridine rings is 1. The molecule has 4 aromatic rings. The van der Waals surface area contributed by atoms with E-state index >= 15 is 0 Å². The minimum Gasteiger partial charge on any atom is -0.267 e. The molecule has 0 unspecified atom stereocenters. The van der Waals surface area contributed by atoms with Crippen LogP contribution < -0.4 is 11.2 Å². The van der Waals surface area contributed by atoms with E-state index in [-0.39, 0.29) is 0 Å². The van der Waals surface area contributed by atoms with Crippen LogP contribution in [0, 0.1) is 0 Å². The Labute approximate surface area is 139 Å². The Balaban J connectivity index is 2.17. The monoisotopic (exact) mass is 339 g/mol. The molecule has 8 heteroatoms. The van der Waals surface area contributed by atoms with Gasteiger partial charge in [0.2, 0.25) is 0 Å². The van der Waals surface area contributed by atoms with Crippen molar-refractivity contribution in [1.29, 1.82) is 0 Å². The predicted octanol–water partition coefficient (Wildman–Crippen LogP) is 2.09. The molecule has 0 aliphatic carbocycles. The highest BCUT2D eigenvalue weighted by Crippen LogP contribution is 2.31. The average molecular weight is 340 g/mol. The minimum atomic E-state index is -0.515. The van der Waals surface area contributed by atoms with Crippen LogP contribution in [0.5, 0.6) is 0 Å². The number of rotatable bonds is 2. The smallest absolute Gasteiger partial charge is 0.267 e. The number of nitrogens with one attached hydrogen (secondary N) is 2. The Morgan fingerprint density at radius 2 is 1.58 bits per heavy atom. The van der Waals surface area contributed by atoms with Gasteiger partial charge in [-0.2, -0.15) is 9.61 Å². The Bertz CT molecular complexity index is 1140. The van der Waals surface area contributed by atoms with Crippen LogP contribution in [0.25, 0.3) is 27.9 Å². The second-order valence-electron chi connectivity index (χ2n) is 5.12. The molecule has 0 radical (unpaired) electrons. The molecule has 0 spiro atoms. The van der Waals surface area contributed by atoms with E-state index in [9.17, 15) is 9.59 Å². The van der Waals surface area contributed by atoms with Crippen molar-refractivity contribution < 1.29 is 0 Å². The summed E-state index contributed by atoms with van der Waals surface area (Å²) in [6.07, 6.45) is 3.20. The van der Waals surface area contributed by atoms with E-state index in [0.29, 0.717) is 27.4 Å². The number of benzene rings is 1. The first-order chi connectivity index (χ1) is 11.6. The van der Waals surface area contributed by atoms with Crippen LogP contribution in [-0.2, 0) is 0 Å². The number of hydrogen-bond acceptors (Lipinski definition) is 4. The molecule has 0 aliphatic rings. The fraction of sp³-hybridized carbons (Fsp3) is 0. The van der Waals surface area contributed by atoms with Crippen LogP contribution in [0.2, 0.25) is 5.02 Å². The van der Waals surface area contributed by atoms with E-state index in [0.717, 1.165) is 10.1 Å². The van der Waals surface area contributed by atoms with Crippen molar-refractivity contribution in [2.24, 2.45) is 0 Å². The van der Waals surface area contributed by atoms with Gasteiger partial charge in [-0.25, -0.2) is 9.89 Å². The van der Waals surface area contributed by atoms with Crippen LogP contribution in [0.3, 0.4) is 0 Å². The van der Waals surface area contributed by atoms with Crippen molar-refractivity contribution in [3.8, 4) is 22.3 Å². The summed E-state index contributed by atoms with van der Waals surface area (Å²) >= 11 is 5.96. The van der Waals surface area contributed by atoms with E-state index in [1.54, 1.807) is 48.8 Å². The Morgan fingerprint density at radius 1 is 0.917 bits per heavy atom. The van der Waals surface area contributed by atoms with Crippen molar-refractivity contribution in [2.45, 2.75) is 0 Å². The zero-order chi connectivity index (χ0) is 16.7. The van der Waals surface area contributed by atoms with Crippen LogP contribution in [-0.4, -0.2) is 24.8 Å². The summed E-state index contributed by atoms with van der Waals surface area (Å²) in [7, 11) is 0. The van der Waals surface area contributed by atoms with Gasteiger partial charge in [0.25, 0.3) is 5.56 Å². The maximum atomic E-state index is 12.6. The number of H-pyrrole nitrogens is 2. The first-order valence-corrected chi connectivity index (χ1v) is 7.43. The van der Waals surface area contributed by atoms with E-state index in [2.05, 4.69) is 20.3 Å². The van der Waals surface area contributed by atoms with Gasteiger partial charge in [-0.1, -0.05) is 23.7 Å². The zero-order valence-electron chi connectivity index (χ0n) is 12.2. The van der Waals surface area contributed by atoms with Crippen LogP contribution in [0.4, 0.5) is 0 Å². The number of nitrogens with zero attached hydrogens (tertiary/aromatic N) is 3. The van der Waals surface area contributed by atoms with Gasteiger partial charge in [0.05, 0.1) is 5.56 Å². The van der Waals surface area contributed by atoms with Gasteiger partial charge >= 0.3 is 5.69 Å². The maximum Gasteiger partial charge on any atom is 0.362 e. The lowest BCUT2D eigenvalue weighted by atomic mass is 9.97. The van der Waals surface area contributed by atoms with Crippen LogP contribution in [0.1, 0.15) is 0 Å². The fourth-order valence-electron chi connectivity index (χ4n) is 2.64. The van der Waals surface area contributed by atoms with Crippen molar-refractivity contribution in [1.82, 2.24) is 24.8 Å². The van der Waals surface area contributed by atoms with Crippen molar-refractivity contribution in [3.05, 3.63) is 74.7 Å². The summed E-state index contributed by atoms with van der Waals surface area (Å²) < 4.78 is 1.09. The second kappa shape index (κ2) is 5.47. The number of aromatic nitrogens is 5. The van der Waals surface area contributed by atoms with Crippen molar-refractivity contribution >= 4 is 17.2 Å². The third-order valence-electron chi connectivity index (χ3n) is 3.69. The SMILES string of the molecule is O=c1[nH]n2c(=O)[nH]nc2c(-c2ccc(Cl)cc2)c1-c1ccncc1. The molecule has 0 saturated carbocycles. The van der Waals surface area contributed by atoms with Crippen molar-refractivity contribution in [2.75, 3.05) is 0 Å². The molecule has 0 amide bonds. The molecule has 0 fully saturated rings. The zero-order valence-corrected chi connectivity index (χ0v) is 12.9. The van der Waals surface area contributed by atoms with E-state index in [1.807, 2.05) is 0 Å². The van der Waals surface area contributed by atoms with Gasteiger partial charge in [-0.15, -0.1) is 0 Å². The lowest BCUT2D eigenvalue weighted by molar-refractivity contribution is 0.859. The predicted molar refractivity (Wildman–Crippen MR) is 90.1 cm³/mol. The highest BCUT2D eigenvalue weighted by atomic mass is 35.5. The summed E-state index contributed by atoms with van der Waals surface area (Å²) in [5, 5.41) is 9.51. The quantitative estimate of drug-likeness (QED) is 0.584. The normalized spacial score (nSPS) is 11.0. The molecule has 7 nitrogen and oxygen atoms in total. The lowest BCUT2D eigenvalue weighted by Crippen LogP contribution is -2.22. The van der Waals surface area contributed by atoms with E-state index in [1.165, 1.54) is 0 Å². The number of hydrogen-bond donors (Lipinski definition) is 2.